The average molecular weight is 268 g/mol. The van der Waals surface area contributed by atoms with E-state index in [2.05, 4.69) is 5.16 Å². The van der Waals surface area contributed by atoms with Crippen LogP contribution in [0.1, 0.15) is 16.1 Å². The lowest BCUT2D eigenvalue weighted by atomic mass is 10.1. The molecule has 0 saturated heterocycles. The van der Waals surface area contributed by atoms with Crippen molar-refractivity contribution in [2.75, 3.05) is 7.11 Å². The number of carboxylic acids is 1. The third kappa shape index (κ3) is 2.52. The molecular formula is C12H10ClNO4. The van der Waals surface area contributed by atoms with Crippen molar-refractivity contribution in [1.29, 1.82) is 0 Å². The van der Waals surface area contributed by atoms with Gasteiger partial charge in [-0.2, -0.15) is 0 Å². The lowest BCUT2D eigenvalue weighted by Crippen LogP contribution is -1.93. The summed E-state index contributed by atoms with van der Waals surface area (Å²) in [5.74, 6) is -1.36. The van der Waals surface area contributed by atoms with E-state index in [4.69, 9.17) is 26.0 Å². The smallest absolute Gasteiger partial charge is 0.374 e. The second-order valence-corrected chi connectivity index (χ2v) is 4.05. The molecule has 1 N–H and O–H groups in total. The Morgan fingerprint density at radius 2 is 2.28 bits per heavy atom. The maximum absolute atomic E-state index is 10.7. The highest BCUT2D eigenvalue weighted by Crippen LogP contribution is 2.26. The van der Waals surface area contributed by atoms with E-state index >= 15 is 0 Å². The normalized spacial score (nSPS) is 10.6. The van der Waals surface area contributed by atoms with Crippen molar-refractivity contribution in [3.05, 3.63) is 40.6 Å². The van der Waals surface area contributed by atoms with Gasteiger partial charge in [-0.05, 0) is 17.7 Å². The molecule has 2 rings (SSSR count). The molecule has 6 heteroatoms. The minimum atomic E-state index is -1.16. The van der Waals surface area contributed by atoms with Gasteiger partial charge in [0.1, 0.15) is 5.69 Å². The van der Waals surface area contributed by atoms with E-state index in [1.807, 2.05) is 0 Å². The zero-order valence-electron chi connectivity index (χ0n) is 9.51. The fourth-order valence-corrected chi connectivity index (χ4v) is 1.78. The quantitative estimate of drug-likeness (QED) is 0.922. The Balaban J connectivity index is 2.45. The Bertz CT molecular complexity index is 579. The van der Waals surface area contributed by atoms with Gasteiger partial charge in [0.05, 0.1) is 6.61 Å². The first-order valence-corrected chi connectivity index (χ1v) is 5.47. The molecule has 2 aromatic rings. The number of hydrogen-bond donors (Lipinski definition) is 1. The Morgan fingerprint density at radius 3 is 2.89 bits per heavy atom. The molecule has 0 radical (unpaired) electrons. The van der Waals surface area contributed by atoms with Crippen LogP contribution in [0, 0.1) is 0 Å². The number of aromatic nitrogens is 1. The summed E-state index contributed by atoms with van der Waals surface area (Å²) in [7, 11) is 1.57. The molecule has 1 aromatic heterocycles. The number of rotatable bonds is 4. The second kappa shape index (κ2) is 5.20. The van der Waals surface area contributed by atoms with Crippen LogP contribution in [0.15, 0.2) is 28.8 Å². The number of nitrogens with zero attached hydrogens (tertiary/aromatic N) is 1. The molecule has 0 unspecified atom stereocenters. The number of aromatic carboxylic acids is 1. The third-order valence-electron chi connectivity index (χ3n) is 2.36. The summed E-state index contributed by atoms with van der Waals surface area (Å²) in [5, 5.41) is 13.1. The lowest BCUT2D eigenvalue weighted by Gasteiger charge is -2.06. The van der Waals surface area contributed by atoms with Crippen LogP contribution in [0.2, 0.25) is 5.02 Å². The molecule has 18 heavy (non-hydrogen) atoms. The maximum Gasteiger partial charge on any atom is 0.374 e. The number of ether oxygens (including phenoxy) is 1. The summed E-state index contributed by atoms with van der Waals surface area (Å²) in [6, 6.07) is 6.56. The molecule has 0 bridgehead atoms. The van der Waals surface area contributed by atoms with Crippen LogP contribution < -0.4 is 0 Å². The standard InChI is InChI=1S/C12H10ClNO4/c1-17-6-7-4-8(13)2-3-9(7)10-5-11(12(15)16)18-14-10/h2-5H,6H2,1H3,(H,15,16). The molecule has 0 saturated carbocycles. The minimum absolute atomic E-state index is 0.205. The van der Waals surface area contributed by atoms with Crippen molar-refractivity contribution in [3.63, 3.8) is 0 Å². The van der Waals surface area contributed by atoms with Crippen LogP contribution in [-0.4, -0.2) is 23.3 Å². The number of methoxy groups -OCH3 is 1. The van der Waals surface area contributed by atoms with E-state index in [0.717, 1.165) is 11.1 Å². The van der Waals surface area contributed by atoms with Crippen molar-refractivity contribution in [2.24, 2.45) is 0 Å². The van der Waals surface area contributed by atoms with Gasteiger partial charge in [0.2, 0.25) is 5.76 Å². The number of carboxylic acid groups (broad SMARTS) is 1. The molecule has 5 nitrogen and oxygen atoms in total. The highest BCUT2D eigenvalue weighted by Gasteiger charge is 2.15. The van der Waals surface area contributed by atoms with Gasteiger partial charge in [-0.25, -0.2) is 4.79 Å². The summed E-state index contributed by atoms with van der Waals surface area (Å²) in [5.41, 5.74) is 1.99. The van der Waals surface area contributed by atoms with Gasteiger partial charge in [0, 0.05) is 23.8 Å². The van der Waals surface area contributed by atoms with E-state index in [-0.39, 0.29) is 5.76 Å². The van der Waals surface area contributed by atoms with Crippen molar-refractivity contribution in [3.8, 4) is 11.3 Å². The largest absolute Gasteiger partial charge is 0.475 e. The number of halogens is 1. The van der Waals surface area contributed by atoms with Crippen molar-refractivity contribution in [2.45, 2.75) is 6.61 Å². The van der Waals surface area contributed by atoms with Crippen LogP contribution >= 0.6 is 11.6 Å². The maximum atomic E-state index is 10.7. The van der Waals surface area contributed by atoms with Crippen LogP contribution in [0.4, 0.5) is 0 Å². The predicted molar refractivity (Wildman–Crippen MR) is 64.6 cm³/mol. The van der Waals surface area contributed by atoms with Gasteiger partial charge in [-0.3, -0.25) is 0 Å². The number of carbonyl (C=O) groups is 1. The van der Waals surface area contributed by atoms with Crippen molar-refractivity contribution < 1.29 is 19.2 Å². The van der Waals surface area contributed by atoms with E-state index in [1.165, 1.54) is 6.07 Å². The molecule has 94 valence electrons. The Kier molecular flexibility index (Phi) is 3.64. The number of hydrogen-bond acceptors (Lipinski definition) is 4. The van der Waals surface area contributed by atoms with Crippen LogP contribution in [0.3, 0.4) is 0 Å². The van der Waals surface area contributed by atoms with Crippen LogP contribution in [-0.2, 0) is 11.3 Å². The van der Waals surface area contributed by atoms with Gasteiger partial charge in [-0.15, -0.1) is 0 Å². The SMILES string of the molecule is COCc1cc(Cl)ccc1-c1cc(C(=O)O)on1. The van der Waals surface area contributed by atoms with Crippen molar-refractivity contribution >= 4 is 17.6 Å². The first-order chi connectivity index (χ1) is 8.61. The third-order valence-corrected chi connectivity index (χ3v) is 2.60. The molecule has 0 atom stereocenters. The zero-order valence-corrected chi connectivity index (χ0v) is 10.3. The second-order valence-electron chi connectivity index (χ2n) is 3.62. The molecule has 0 amide bonds. The molecule has 0 aliphatic rings. The van der Waals surface area contributed by atoms with Crippen LogP contribution in [0.5, 0.6) is 0 Å². The fourth-order valence-electron chi connectivity index (χ4n) is 1.59. The monoisotopic (exact) mass is 267 g/mol. The van der Waals surface area contributed by atoms with E-state index < -0.39 is 5.97 Å². The summed E-state index contributed by atoms with van der Waals surface area (Å²) >= 11 is 5.90. The lowest BCUT2D eigenvalue weighted by molar-refractivity contribution is 0.0652. The van der Waals surface area contributed by atoms with Gasteiger partial charge in [0.25, 0.3) is 0 Å². The summed E-state index contributed by atoms with van der Waals surface area (Å²) in [4.78, 5) is 10.7. The molecule has 1 aromatic carbocycles. The minimum Gasteiger partial charge on any atom is -0.475 e. The Labute approximate surface area is 108 Å². The molecule has 0 aliphatic carbocycles. The molecule has 0 aliphatic heterocycles. The van der Waals surface area contributed by atoms with Gasteiger partial charge < -0.3 is 14.4 Å². The van der Waals surface area contributed by atoms with Gasteiger partial charge in [-0.1, -0.05) is 22.8 Å². The summed E-state index contributed by atoms with van der Waals surface area (Å²) in [6.07, 6.45) is 0. The number of benzene rings is 1. The molecule has 1 heterocycles. The van der Waals surface area contributed by atoms with Gasteiger partial charge in [0.15, 0.2) is 0 Å². The summed E-state index contributed by atoms with van der Waals surface area (Å²) in [6.45, 7) is 0.352. The zero-order chi connectivity index (χ0) is 13.1. The molecule has 0 spiro atoms. The Hall–Kier alpha value is -1.85. The first-order valence-electron chi connectivity index (χ1n) is 5.09. The van der Waals surface area contributed by atoms with Gasteiger partial charge >= 0.3 is 5.97 Å². The van der Waals surface area contributed by atoms with Crippen molar-refractivity contribution in [1.82, 2.24) is 5.16 Å². The fraction of sp³-hybridized carbons (Fsp3) is 0.167. The molecule has 0 fully saturated rings. The highest BCUT2D eigenvalue weighted by molar-refractivity contribution is 6.30. The highest BCUT2D eigenvalue weighted by atomic mass is 35.5. The summed E-state index contributed by atoms with van der Waals surface area (Å²) < 4.78 is 9.79. The van der Waals surface area contributed by atoms with E-state index in [0.29, 0.717) is 17.3 Å². The van der Waals surface area contributed by atoms with E-state index in [9.17, 15) is 4.79 Å². The first kappa shape index (κ1) is 12.6. The predicted octanol–water partition coefficient (Wildman–Crippen LogP) is 2.84. The topological polar surface area (TPSA) is 72.6 Å². The Morgan fingerprint density at radius 1 is 1.50 bits per heavy atom. The molecular weight excluding hydrogens is 258 g/mol. The average Bonchev–Trinajstić information content (AvgIpc) is 2.79. The van der Waals surface area contributed by atoms with Crippen LogP contribution in [0.25, 0.3) is 11.3 Å². The van der Waals surface area contributed by atoms with E-state index in [1.54, 1.807) is 25.3 Å².